The first-order chi connectivity index (χ1) is 10.1. The second kappa shape index (κ2) is 7.04. The highest BCUT2D eigenvalue weighted by atomic mass is 16.4. The van der Waals surface area contributed by atoms with Crippen molar-refractivity contribution in [3.05, 3.63) is 42.1 Å². The Hall–Kier alpha value is -2.90. The topological polar surface area (TPSA) is 109 Å². The molecule has 0 radical (unpaired) electrons. The third-order valence-electron chi connectivity index (χ3n) is 2.62. The number of carbonyl (C=O) groups is 2. The number of carboxylic acids is 1. The average molecular weight is 289 g/mol. The molecule has 0 spiro atoms. The van der Waals surface area contributed by atoms with E-state index in [9.17, 15) is 9.59 Å². The number of carbonyl (C=O) groups excluding carboxylic acids is 1. The summed E-state index contributed by atoms with van der Waals surface area (Å²) in [4.78, 5) is 22.1. The van der Waals surface area contributed by atoms with Gasteiger partial charge in [0.05, 0.1) is 6.20 Å². The van der Waals surface area contributed by atoms with Crippen molar-refractivity contribution in [3.8, 4) is 0 Å². The Labute approximate surface area is 120 Å². The first kappa shape index (κ1) is 14.5. The first-order valence-electron chi connectivity index (χ1n) is 6.34. The van der Waals surface area contributed by atoms with Crippen molar-refractivity contribution in [2.45, 2.75) is 13.0 Å². The molecule has 1 aromatic carbocycles. The third kappa shape index (κ3) is 4.94. The summed E-state index contributed by atoms with van der Waals surface area (Å²) in [5.74, 6) is -0.827. The van der Waals surface area contributed by atoms with Crippen molar-refractivity contribution in [2.75, 3.05) is 11.9 Å². The second-order valence-electron chi connectivity index (χ2n) is 4.31. The molecule has 0 saturated carbocycles. The van der Waals surface area contributed by atoms with Crippen LogP contribution >= 0.6 is 0 Å². The summed E-state index contributed by atoms with van der Waals surface area (Å²) in [6, 6.07) is 9.37. The Morgan fingerprint density at radius 2 is 2.00 bits per heavy atom. The largest absolute Gasteiger partial charge is 0.480 e. The van der Waals surface area contributed by atoms with Gasteiger partial charge in [-0.3, -0.25) is 10.1 Å². The number of hydrogen-bond donors (Lipinski definition) is 3. The number of anilines is 1. The zero-order valence-corrected chi connectivity index (χ0v) is 11.2. The normalized spacial score (nSPS) is 10.1. The van der Waals surface area contributed by atoms with E-state index in [0.29, 0.717) is 6.54 Å². The minimum Gasteiger partial charge on any atom is -0.480 e. The van der Waals surface area contributed by atoms with E-state index in [1.165, 1.54) is 6.20 Å². The molecule has 2 amide bonds. The van der Waals surface area contributed by atoms with E-state index in [1.54, 1.807) is 0 Å². The predicted octanol–water partition coefficient (Wildman–Crippen LogP) is 0.727. The van der Waals surface area contributed by atoms with Gasteiger partial charge in [-0.25, -0.2) is 9.48 Å². The van der Waals surface area contributed by atoms with Crippen LogP contribution in [0.3, 0.4) is 0 Å². The molecule has 0 saturated heterocycles. The lowest BCUT2D eigenvalue weighted by atomic mass is 10.1. The van der Waals surface area contributed by atoms with Gasteiger partial charge < -0.3 is 10.4 Å². The van der Waals surface area contributed by atoms with Crippen molar-refractivity contribution < 1.29 is 14.7 Å². The standard InChI is InChI=1S/C13H15N5O3/c19-12(20)9-18-8-11(16-17-18)15-13(21)14-7-6-10-4-2-1-3-5-10/h1-5,8H,6-7,9H2,(H,19,20)(H2,14,15,21). The molecule has 2 rings (SSSR count). The lowest BCUT2D eigenvalue weighted by Gasteiger charge is -2.05. The maximum absolute atomic E-state index is 11.6. The van der Waals surface area contributed by atoms with Gasteiger partial charge in [-0.15, -0.1) is 5.10 Å². The van der Waals surface area contributed by atoms with Crippen LogP contribution in [-0.2, 0) is 17.8 Å². The summed E-state index contributed by atoms with van der Waals surface area (Å²) in [6.45, 7) is 0.184. The van der Waals surface area contributed by atoms with E-state index in [2.05, 4.69) is 20.9 Å². The molecule has 1 aromatic heterocycles. The minimum absolute atomic E-state index is 0.202. The van der Waals surface area contributed by atoms with Crippen molar-refractivity contribution in [2.24, 2.45) is 0 Å². The van der Waals surface area contributed by atoms with Crippen LogP contribution in [0, 0.1) is 0 Å². The Morgan fingerprint density at radius 1 is 1.24 bits per heavy atom. The van der Waals surface area contributed by atoms with Crippen molar-refractivity contribution in [3.63, 3.8) is 0 Å². The Kier molecular flexibility index (Phi) is 4.86. The van der Waals surface area contributed by atoms with Crippen LogP contribution in [0.5, 0.6) is 0 Å². The summed E-state index contributed by atoms with van der Waals surface area (Å²) in [5.41, 5.74) is 1.13. The molecule has 0 aliphatic heterocycles. The smallest absolute Gasteiger partial charge is 0.325 e. The van der Waals surface area contributed by atoms with Crippen molar-refractivity contribution in [1.29, 1.82) is 0 Å². The quantitative estimate of drug-likeness (QED) is 0.726. The zero-order valence-electron chi connectivity index (χ0n) is 11.2. The summed E-state index contributed by atoms with van der Waals surface area (Å²) >= 11 is 0. The zero-order chi connectivity index (χ0) is 15.1. The van der Waals surface area contributed by atoms with E-state index in [-0.39, 0.29) is 12.4 Å². The van der Waals surface area contributed by atoms with E-state index < -0.39 is 12.0 Å². The van der Waals surface area contributed by atoms with Crippen LogP contribution in [0.25, 0.3) is 0 Å². The number of benzene rings is 1. The SMILES string of the molecule is O=C(O)Cn1cc(NC(=O)NCCc2ccccc2)nn1. The fourth-order valence-electron chi connectivity index (χ4n) is 1.70. The fraction of sp³-hybridized carbons (Fsp3) is 0.231. The van der Waals surface area contributed by atoms with Crippen LogP contribution in [0.15, 0.2) is 36.5 Å². The molecule has 2 aromatic rings. The number of carboxylic acid groups (broad SMARTS) is 1. The van der Waals surface area contributed by atoms with Gasteiger partial charge in [0.1, 0.15) is 6.54 Å². The van der Waals surface area contributed by atoms with Gasteiger partial charge in [0, 0.05) is 6.54 Å². The number of rotatable bonds is 6. The van der Waals surface area contributed by atoms with Gasteiger partial charge in [0.15, 0.2) is 5.82 Å². The van der Waals surface area contributed by atoms with Gasteiger partial charge in [-0.05, 0) is 12.0 Å². The lowest BCUT2D eigenvalue weighted by molar-refractivity contribution is -0.137. The van der Waals surface area contributed by atoms with Crippen LogP contribution in [0.4, 0.5) is 10.6 Å². The number of nitrogens with one attached hydrogen (secondary N) is 2. The molecular weight excluding hydrogens is 274 g/mol. The fourth-order valence-corrected chi connectivity index (χ4v) is 1.70. The van der Waals surface area contributed by atoms with E-state index in [0.717, 1.165) is 16.7 Å². The number of aromatic nitrogens is 3. The minimum atomic E-state index is -1.03. The number of urea groups is 1. The Morgan fingerprint density at radius 3 is 2.71 bits per heavy atom. The maximum Gasteiger partial charge on any atom is 0.325 e. The van der Waals surface area contributed by atoms with Crippen molar-refractivity contribution >= 4 is 17.8 Å². The van der Waals surface area contributed by atoms with Crippen LogP contribution in [-0.4, -0.2) is 38.6 Å². The van der Waals surface area contributed by atoms with Gasteiger partial charge in [-0.2, -0.15) is 0 Å². The maximum atomic E-state index is 11.6. The molecule has 0 aliphatic carbocycles. The molecule has 0 atom stereocenters. The highest BCUT2D eigenvalue weighted by Crippen LogP contribution is 2.00. The number of aliphatic carboxylic acids is 1. The number of amides is 2. The molecule has 110 valence electrons. The molecule has 0 bridgehead atoms. The Balaban J connectivity index is 1.74. The van der Waals surface area contributed by atoms with E-state index in [1.807, 2.05) is 30.3 Å². The molecular formula is C13H15N5O3. The average Bonchev–Trinajstić information content (AvgIpc) is 2.86. The Bertz CT molecular complexity index is 611. The van der Waals surface area contributed by atoms with Crippen LogP contribution in [0.2, 0.25) is 0 Å². The number of hydrogen-bond acceptors (Lipinski definition) is 4. The van der Waals surface area contributed by atoms with Gasteiger partial charge >= 0.3 is 12.0 Å². The molecule has 3 N–H and O–H groups in total. The van der Waals surface area contributed by atoms with Gasteiger partial charge in [-0.1, -0.05) is 35.5 Å². The lowest BCUT2D eigenvalue weighted by Crippen LogP contribution is -2.30. The molecule has 21 heavy (non-hydrogen) atoms. The molecule has 8 nitrogen and oxygen atoms in total. The molecule has 8 heteroatoms. The van der Waals surface area contributed by atoms with E-state index in [4.69, 9.17) is 5.11 Å². The summed E-state index contributed by atoms with van der Waals surface area (Å²) in [7, 11) is 0. The summed E-state index contributed by atoms with van der Waals surface area (Å²) < 4.78 is 1.13. The summed E-state index contributed by atoms with van der Waals surface area (Å²) in [5, 5.41) is 21.0. The van der Waals surface area contributed by atoms with E-state index >= 15 is 0 Å². The highest BCUT2D eigenvalue weighted by Gasteiger charge is 2.07. The third-order valence-corrected chi connectivity index (χ3v) is 2.62. The summed E-state index contributed by atoms with van der Waals surface area (Å²) in [6.07, 6.45) is 2.07. The van der Waals surface area contributed by atoms with Gasteiger partial charge in [0.25, 0.3) is 0 Å². The van der Waals surface area contributed by atoms with Gasteiger partial charge in [0.2, 0.25) is 0 Å². The number of nitrogens with zero attached hydrogens (tertiary/aromatic N) is 3. The molecule has 0 fully saturated rings. The second-order valence-corrected chi connectivity index (χ2v) is 4.31. The van der Waals surface area contributed by atoms with Crippen molar-refractivity contribution in [1.82, 2.24) is 20.3 Å². The molecule has 0 unspecified atom stereocenters. The molecule has 1 heterocycles. The van der Waals surface area contributed by atoms with Crippen LogP contribution < -0.4 is 10.6 Å². The highest BCUT2D eigenvalue weighted by molar-refractivity contribution is 5.87. The monoisotopic (exact) mass is 289 g/mol. The predicted molar refractivity (Wildman–Crippen MR) is 74.8 cm³/mol. The first-order valence-corrected chi connectivity index (χ1v) is 6.34. The van der Waals surface area contributed by atoms with Crippen LogP contribution in [0.1, 0.15) is 5.56 Å². The molecule has 0 aliphatic rings.